The molecule has 0 saturated heterocycles. The quantitative estimate of drug-likeness (QED) is 0.651. The molecule has 1 nitrogen and oxygen atoms in total. The lowest BCUT2D eigenvalue weighted by Crippen LogP contribution is -1.88. The molecule has 0 amide bonds. The highest BCUT2D eigenvalue weighted by Crippen LogP contribution is 2.33. The molecule has 80 valence electrons. The van der Waals surface area contributed by atoms with E-state index in [1.807, 2.05) is 16.8 Å². The number of benzene rings is 1. The van der Waals surface area contributed by atoms with Crippen molar-refractivity contribution in [3.8, 4) is 11.1 Å². The number of hydrogen-bond donors (Lipinski definition) is 1. The van der Waals surface area contributed by atoms with Crippen molar-refractivity contribution in [2.75, 3.05) is 0 Å². The molecule has 0 atom stereocenters. The third kappa shape index (κ3) is 1.27. The molecule has 0 fully saturated rings. The topological polar surface area (TPSA) is 15.8 Å². The Bertz CT molecular complexity index is 640. The van der Waals surface area contributed by atoms with Gasteiger partial charge in [-0.15, -0.1) is 0 Å². The van der Waals surface area contributed by atoms with Crippen molar-refractivity contribution >= 4 is 22.2 Å². The van der Waals surface area contributed by atoms with Crippen molar-refractivity contribution in [2.45, 2.75) is 0 Å². The number of nitrogens with one attached hydrogen (secondary N) is 1. The summed E-state index contributed by atoms with van der Waals surface area (Å²) in [6, 6.07) is 4.37. The zero-order valence-electron chi connectivity index (χ0n) is 8.13. The van der Waals surface area contributed by atoms with E-state index in [4.69, 9.17) is 0 Å². The van der Waals surface area contributed by atoms with Crippen LogP contribution >= 0.6 is 11.3 Å². The number of hydrogen-bond acceptors (Lipinski definition) is 1. The van der Waals surface area contributed by atoms with E-state index in [1.165, 1.54) is 11.3 Å². The third-order valence-electron chi connectivity index (χ3n) is 2.56. The predicted molar refractivity (Wildman–Crippen MR) is 61.5 cm³/mol. The van der Waals surface area contributed by atoms with Crippen LogP contribution in [0.2, 0.25) is 0 Å². The van der Waals surface area contributed by atoms with Crippen LogP contribution in [0.25, 0.3) is 22.0 Å². The summed E-state index contributed by atoms with van der Waals surface area (Å²) in [6.07, 6.45) is 1.61. The molecule has 4 heteroatoms. The van der Waals surface area contributed by atoms with Crippen molar-refractivity contribution in [1.82, 2.24) is 4.98 Å². The third-order valence-corrected chi connectivity index (χ3v) is 3.24. The average molecular weight is 235 g/mol. The second-order valence-electron chi connectivity index (χ2n) is 3.49. The Morgan fingerprint density at radius 1 is 1.12 bits per heavy atom. The number of fused-ring (bicyclic) bond motifs is 1. The van der Waals surface area contributed by atoms with Crippen LogP contribution in [-0.4, -0.2) is 4.98 Å². The van der Waals surface area contributed by atoms with Crippen LogP contribution in [0, 0.1) is 11.6 Å². The summed E-state index contributed by atoms with van der Waals surface area (Å²) >= 11 is 1.48. The minimum atomic E-state index is -0.536. The maximum atomic E-state index is 13.8. The number of rotatable bonds is 1. The first-order valence-corrected chi connectivity index (χ1v) is 5.69. The molecule has 0 spiro atoms. The fourth-order valence-electron chi connectivity index (χ4n) is 1.84. The van der Waals surface area contributed by atoms with Gasteiger partial charge in [0.1, 0.15) is 11.6 Å². The van der Waals surface area contributed by atoms with Crippen molar-refractivity contribution in [1.29, 1.82) is 0 Å². The second kappa shape index (κ2) is 3.42. The van der Waals surface area contributed by atoms with E-state index in [-0.39, 0.29) is 0 Å². The standard InChI is InChI=1S/C12H7F2NS/c13-9-5-10(14)11(7-2-4-16-6-7)12-8(9)1-3-15-12/h1-6,15H. The highest BCUT2D eigenvalue weighted by atomic mass is 32.1. The minimum Gasteiger partial charge on any atom is -0.360 e. The molecule has 0 aliphatic rings. The highest BCUT2D eigenvalue weighted by molar-refractivity contribution is 7.08. The van der Waals surface area contributed by atoms with Gasteiger partial charge in [0.2, 0.25) is 0 Å². The summed E-state index contributed by atoms with van der Waals surface area (Å²) in [7, 11) is 0. The maximum Gasteiger partial charge on any atom is 0.136 e. The summed E-state index contributed by atoms with van der Waals surface area (Å²) in [5, 5.41) is 4.13. The van der Waals surface area contributed by atoms with E-state index in [9.17, 15) is 8.78 Å². The van der Waals surface area contributed by atoms with Gasteiger partial charge in [-0.3, -0.25) is 0 Å². The van der Waals surface area contributed by atoms with Crippen molar-refractivity contribution < 1.29 is 8.78 Å². The fourth-order valence-corrected chi connectivity index (χ4v) is 2.49. The van der Waals surface area contributed by atoms with Crippen LogP contribution in [0.5, 0.6) is 0 Å². The van der Waals surface area contributed by atoms with Crippen molar-refractivity contribution in [3.05, 3.63) is 46.8 Å². The van der Waals surface area contributed by atoms with Crippen LogP contribution in [0.4, 0.5) is 8.78 Å². The Morgan fingerprint density at radius 2 is 2.00 bits per heavy atom. The number of halogens is 2. The molecule has 16 heavy (non-hydrogen) atoms. The van der Waals surface area contributed by atoms with Crippen molar-refractivity contribution in [2.24, 2.45) is 0 Å². The largest absolute Gasteiger partial charge is 0.360 e. The molecular formula is C12H7F2NS. The predicted octanol–water partition coefficient (Wildman–Crippen LogP) is 4.17. The molecule has 2 aromatic heterocycles. The molecule has 1 N–H and O–H groups in total. The zero-order valence-corrected chi connectivity index (χ0v) is 8.94. The number of H-pyrrole nitrogens is 1. The summed E-state index contributed by atoms with van der Waals surface area (Å²) in [6.45, 7) is 0. The van der Waals surface area contributed by atoms with Gasteiger partial charge in [-0.05, 0) is 28.5 Å². The Labute approximate surface area is 94.4 Å². The second-order valence-corrected chi connectivity index (χ2v) is 4.27. The lowest BCUT2D eigenvalue weighted by molar-refractivity contribution is 0.594. The van der Waals surface area contributed by atoms with E-state index in [2.05, 4.69) is 4.98 Å². The molecule has 0 radical (unpaired) electrons. The first-order valence-electron chi connectivity index (χ1n) is 4.75. The van der Waals surface area contributed by atoms with Crippen LogP contribution in [0.15, 0.2) is 35.2 Å². The average Bonchev–Trinajstić information content (AvgIpc) is 2.86. The van der Waals surface area contributed by atoms with Gasteiger partial charge in [0, 0.05) is 23.2 Å². The molecular weight excluding hydrogens is 228 g/mol. The summed E-state index contributed by atoms with van der Waals surface area (Å²) in [4.78, 5) is 2.88. The van der Waals surface area contributed by atoms with E-state index in [0.29, 0.717) is 16.5 Å². The van der Waals surface area contributed by atoms with Gasteiger partial charge in [-0.25, -0.2) is 8.78 Å². The lowest BCUT2D eigenvalue weighted by Gasteiger charge is -2.03. The smallest absolute Gasteiger partial charge is 0.136 e. The summed E-state index contributed by atoms with van der Waals surface area (Å²) < 4.78 is 27.2. The van der Waals surface area contributed by atoms with E-state index < -0.39 is 11.6 Å². The molecule has 0 saturated carbocycles. The SMILES string of the molecule is Fc1cc(F)c2cc[nH]c2c1-c1ccsc1. The Hall–Kier alpha value is -1.68. The Balaban J connectivity index is 2.43. The van der Waals surface area contributed by atoms with Gasteiger partial charge in [0.05, 0.1) is 5.52 Å². The van der Waals surface area contributed by atoms with E-state index >= 15 is 0 Å². The molecule has 3 aromatic rings. The normalized spacial score (nSPS) is 11.1. The Kier molecular flexibility index (Phi) is 2.04. The van der Waals surface area contributed by atoms with Crippen LogP contribution in [0.3, 0.4) is 0 Å². The molecule has 0 bridgehead atoms. The number of aromatic nitrogens is 1. The highest BCUT2D eigenvalue weighted by Gasteiger charge is 2.14. The van der Waals surface area contributed by atoms with Gasteiger partial charge in [-0.1, -0.05) is 0 Å². The number of thiophene rings is 1. The van der Waals surface area contributed by atoms with Gasteiger partial charge in [0.25, 0.3) is 0 Å². The van der Waals surface area contributed by atoms with E-state index in [0.717, 1.165) is 11.6 Å². The Morgan fingerprint density at radius 3 is 2.75 bits per heavy atom. The monoisotopic (exact) mass is 235 g/mol. The van der Waals surface area contributed by atoms with Gasteiger partial charge in [-0.2, -0.15) is 11.3 Å². The maximum absolute atomic E-state index is 13.8. The first-order chi connectivity index (χ1) is 7.77. The fraction of sp³-hybridized carbons (Fsp3) is 0. The van der Waals surface area contributed by atoms with Gasteiger partial charge < -0.3 is 4.98 Å². The molecule has 3 rings (SSSR count). The zero-order chi connectivity index (χ0) is 11.1. The molecule has 0 aliphatic carbocycles. The molecule has 2 heterocycles. The van der Waals surface area contributed by atoms with E-state index in [1.54, 1.807) is 12.3 Å². The first kappa shape index (κ1) is 9.54. The molecule has 0 aliphatic heterocycles. The van der Waals surface area contributed by atoms with Crippen LogP contribution in [-0.2, 0) is 0 Å². The molecule has 1 aromatic carbocycles. The van der Waals surface area contributed by atoms with Gasteiger partial charge in [0.15, 0.2) is 0 Å². The van der Waals surface area contributed by atoms with Gasteiger partial charge >= 0.3 is 0 Å². The van der Waals surface area contributed by atoms with Crippen LogP contribution < -0.4 is 0 Å². The summed E-state index contributed by atoms with van der Waals surface area (Å²) in [5.41, 5.74) is 1.72. The van der Waals surface area contributed by atoms with Crippen LogP contribution in [0.1, 0.15) is 0 Å². The lowest BCUT2D eigenvalue weighted by atomic mass is 10.1. The summed E-state index contributed by atoms with van der Waals surface area (Å²) in [5.74, 6) is -1.07. The minimum absolute atomic E-state index is 0.419. The number of aromatic amines is 1. The van der Waals surface area contributed by atoms with Crippen molar-refractivity contribution in [3.63, 3.8) is 0 Å². The molecule has 0 unspecified atom stereocenters.